The van der Waals surface area contributed by atoms with E-state index in [1.165, 1.54) is 12.8 Å². The Labute approximate surface area is 111 Å². The zero-order valence-corrected chi connectivity index (χ0v) is 11.7. The molecule has 0 atom stereocenters. The SMILES string of the molecule is C=C(CNC1CC1)COc1cc(Br)ccc1C. The largest absolute Gasteiger partial charge is 0.489 e. The number of hydrogen-bond acceptors (Lipinski definition) is 2. The van der Waals surface area contributed by atoms with Crippen molar-refractivity contribution >= 4 is 15.9 Å². The number of halogens is 1. The van der Waals surface area contributed by atoms with Gasteiger partial charge in [0, 0.05) is 17.1 Å². The number of benzene rings is 1. The lowest BCUT2D eigenvalue weighted by Crippen LogP contribution is -2.21. The van der Waals surface area contributed by atoms with Crippen LogP contribution in [0.2, 0.25) is 0 Å². The van der Waals surface area contributed by atoms with Gasteiger partial charge in [-0.3, -0.25) is 0 Å². The van der Waals surface area contributed by atoms with Crippen molar-refractivity contribution in [3.63, 3.8) is 0 Å². The van der Waals surface area contributed by atoms with Crippen LogP contribution in [0, 0.1) is 6.92 Å². The van der Waals surface area contributed by atoms with Crippen molar-refractivity contribution in [1.29, 1.82) is 0 Å². The zero-order chi connectivity index (χ0) is 12.3. The van der Waals surface area contributed by atoms with Gasteiger partial charge in [0.25, 0.3) is 0 Å². The van der Waals surface area contributed by atoms with Gasteiger partial charge < -0.3 is 10.1 Å². The minimum atomic E-state index is 0.580. The molecule has 0 amide bonds. The highest BCUT2D eigenvalue weighted by Crippen LogP contribution is 2.23. The Kier molecular flexibility index (Phi) is 4.24. The van der Waals surface area contributed by atoms with E-state index in [0.29, 0.717) is 6.61 Å². The Morgan fingerprint density at radius 3 is 3.00 bits per heavy atom. The molecule has 2 nitrogen and oxygen atoms in total. The fourth-order valence-corrected chi connectivity index (χ4v) is 1.88. The molecule has 1 fully saturated rings. The van der Waals surface area contributed by atoms with Gasteiger partial charge in [0.2, 0.25) is 0 Å². The molecule has 0 saturated heterocycles. The summed E-state index contributed by atoms with van der Waals surface area (Å²) in [4.78, 5) is 0. The maximum Gasteiger partial charge on any atom is 0.123 e. The summed E-state index contributed by atoms with van der Waals surface area (Å²) in [7, 11) is 0. The monoisotopic (exact) mass is 295 g/mol. The van der Waals surface area contributed by atoms with Gasteiger partial charge >= 0.3 is 0 Å². The van der Waals surface area contributed by atoms with E-state index >= 15 is 0 Å². The fourth-order valence-electron chi connectivity index (χ4n) is 1.54. The molecule has 2 rings (SSSR count). The first kappa shape index (κ1) is 12.7. The quantitative estimate of drug-likeness (QED) is 0.812. The smallest absolute Gasteiger partial charge is 0.123 e. The van der Waals surface area contributed by atoms with Crippen molar-refractivity contribution in [2.24, 2.45) is 0 Å². The van der Waals surface area contributed by atoms with E-state index in [2.05, 4.69) is 27.8 Å². The van der Waals surface area contributed by atoms with Gasteiger partial charge in [-0.05, 0) is 43.0 Å². The molecule has 1 N–H and O–H groups in total. The van der Waals surface area contributed by atoms with Crippen molar-refractivity contribution in [2.45, 2.75) is 25.8 Å². The molecule has 0 bridgehead atoms. The van der Waals surface area contributed by atoms with Crippen LogP contribution in [0.25, 0.3) is 0 Å². The summed E-state index contributed by atoms with van der Waals surface area (Å²) in [5.41, 5.74) is 2.24. The van der Waals surface area contributed by atoms with Crippen molar-refractivity contribution in [2.75, 3.05) is 13.2 Å². The second-order valence-electron chi connectivity index (χ2n) is 4.60. The summed E-state index contributed by atoms with van der Waals surface area (Å²) in [5.74, 6) is 0.923. The van der Waals surface area contributed by atoms with Gasteiger partial charge in [-0.25, -0.2) is 0 Å². The first-order valence-electron chi connectivity index (χ1n) is 5.94. The third-order valence-corrected chi connectivity index (χ3v) is 3.29. The van der Waals surface area contributed by atoms with Crippen LogP contribution in [0.3, 0.4) is 0 Å². The summed E-state index contributed by atoms with van der Waals surface area (Å²) >= 11 is 3.45. The van der Waals surface area contributed by atoms with E-state index < -0.39 is 0 Å². The van der Waals surface area contributed by atoms with Crippen LogP contribution in [-0.2, 0) is 0 Å². The minimum Gasteiger partial charge on any atom is -0.489 e. The fraction of sp³-hybridized carbons (Fsp3) is 0.429. The number of ether oxygens (including phenoxy) is 1. The number of nitrogens with one attached hydrogen (secondary N) is 1. The average molecular weight is 296 g/mol. The van der Waals surface area contributed by atoms with Crippen LogP contribution >= 0.6 is 15.9 Å². The molecule has 1 aromatic carbocycles. The molecule has 1 aliphatic carbocycles. The molecule has 92 valence electrons. The highest BCUT2D eigenvalue weighted by atomic mass is 79.9. The highest BCUT2D eigenvalue weighted by Gasteiger charge is 2.20. The van der Waals surface area contributed by atoms with Crippen LogP contribution in [-0.4, -0.2) is 19.2 Å². The van der Waals surface area contributed by atoms with E-state index in [-0.39, 0.29) is 0 Å². The van der Waals surface area contributed by atoms with Crippen LogP contribution in [0.4, 0.5) is 0 Å². The van der Waals surface area contributed by atoms with E-state index in [4.69, 9.17) is 4.74 Å². The van der Waals surface area contributed by atoms with E-state index in [0.717, 1.165) is 33.9 Å². The maximum absolute atomic E-state index is 5.76. The van der Waals surface area contributed by atoms with Crippen LogP contribution in [0.1, 0.15) is 18.4 Å². The van der Waals surface area contributed by atoms with Crippen LogP contribution < -0.4 is 10.1 Å². The Morgan fingerprint density at radius 1 is 1.53 bits per heavy atom. The first-order chi connectivity index (χ1) is 8.15. The lowest BCUT2D eigenvalue weighted by Gasteiger charge is -2.11. The van der Waals surface area contributed by atoms with Gasteiger partial charge in [0.15, 0.2) is 0 Å². The van der Waals surface area contributed by atoms with Crippen LogP contribution in [0.15, 0.2) is 34.8 Å². The highest BCUT2D eigenvalue weighted by molar-refractivity contribution is 9.10. The van der Waals surface area contributed by atoms with E-state index in [1.807, 2.05) is 25.1 Å². The lowest BCUT2D eigenvalue weighted by atomic mass is 10.2. The van der Waals surface area contributed by atoms with Gasteiger partial charge in [-0.2, -0.15) is 0 Å². The minimum absolute atomic E-state index is 0.580. The maximum atomic E-state index is 5.76. The Morgan fingerprint density at radius 2 is 2.29 bits per heavy atom. The number of rotatable bonds is 6. The predicted octanol–water partition coefficient (Wildman–Crippen LogP) is 3.44. The van der Waals surface area contributed by atoms with Crippen molar-refractivity contribution in [3.05, 3.63) is 40.4 Å². The Hall–Kier alpha value is -0.800. The normalized spacial score (nSPS) is 14.7. The first-order valence-corrected chi connectivity index (χ1v) is 6.73. The summed E-state index contributed by atoms with van der Waals surface area (Å²) in [6.45, 7) is 7.51. The molecule has 3 heteroatoms. The molecule has 1 saturated carbocycles. The molecule has 1 aliphatic rings. The summed E-state index contributed by atoms with van der Waals surface area (Å²) in [6.07, 6.45) is 2.61. The summed E-state index contributed by atoms with van der Waals surface area (Å²) < 4.78 is 6.80. The molecular weight excluding hydrogens is 278 g/mol. The van der Waals surface area contributed by atoms with E-state index in [9.17, 15) is 0 Å². The van der Waals surface area contributed by atoms with Gasteiger partial charge in [0.1, 0.15) is 12.4 Å². The molecule has 0 radical (unpaired) electrons. The molecule has 0 heterocycles. The lowest BCUT2D eigenvalue weighted by molar-refractivity contribution is 0.345. The molecule has 1 aromatic rings. The molecule has 0 unspecified atom stereocenters. The molecule has 0 spiro atoms. The molecular formula is C14H18BrNO. The molecule has 0 aromatic heterocycles. The number of hydrogen-bond donors (Lipinski definition) is 1. The third kappa shape index (κ3) is 4.17. The summed E-state index contributed by atoms with van der Waals surface area (Å²) in [5, 5.41) is 3.43. The second-order valence-corrected chi connectivity index (χ2v) is 5.52. The molecule has 0 aliphatic heterocycles. The van der Waals surface area contributed by atoms with Gasteiger partial charge in [0.05, 0.1) is 0 Å². The average Bonchev–Trinajstić information content (AvgIpc) is 3.11. The second kappa shape index (κ2) is 5.69. The Bertz CT molecular complexity index is 413. The van der Waals surface area contributed by atoms with Gasteiger partial charge in [-0.15, -0.1) is 0 Å². The van der Waals surface area contributed by atoms with E-state index in [1.54, 1.807) is 0 Å². The van der Waals surface area contributed by atoms with Crippen molar-refractivity contribution in [1.82, 2.24) is 5.32 Å². The Balaban J connectivity index is 1.79. The predicted molar refractivity (Wildman–Crippen MR) is 74.5 cm³/mol. The standard InChI is InChI=1S/C14H18BrNO/c1-10(8-16-13-5-6-13)9-17-14-7-12(15)4-3-11(14)2/h3-4,7,13,16H,1,5-6,8-9H2,2H3. The topological polar surface area (TPSA) is 21.3 Å². The molecule has 17 heavy (non-hydrogen) atoms. The van der Waals surface area contributed by atoms with Crippen molar-refractivity contribution in [3.8, 4) is 5.75 Å². The zero-order valence-electron chi connectivity index (χ0n) is 10.1. The number of aryl methyl sites for hydroxylation is 1. The third-order valence-electron chi connectivity index (χ3n) is 2.80. The van der Waals surface area contributed by atoms with Gasteiger partial charge in [-0.1, -0.05) is 28.6 Å². The van der Waals surface area contributed by atoms with Crippen LogP contribution in [0.5, 0.6) is 5.75 Å². The summed E-state index contributed by atoms with van der Waals surface area (Å²) in [6, 6.07) is 6.78. The van der Waals surface area contributed by atoms with Crippen molar-refractivity contribution < 1.29 is 4.74 Å².